The Morgan fingerprint density at radius 3 is 2.32 bits per heavy atom. The summed E-state index contributed by atoms with van der Waals surface area (Å²) in [5, 5.41) is 2.99. The number of rotatable bonds is 9. The molecule has 1 aromatic heterocycles. The summed E-state index contributed by atoms with van der Waals surface area (Å²) in [5.41, 5.74) is 4.38. The number of amides is 1. The van der Waals surface area contributed by atoms with Crippen LogP contribution < -0.4 is 29.8 Å². The molecular weight excluding hydrogens is 532 g/mol. The van der Waals surface area contributed by atoms with Gasteiger partial charge in [0.2, 0.25) is 0 Å². The number of anilines is 2. The van der Waals surface area contributed by atoms with Crippen LogP contribution in [0.5, 0.6) is 5.75 Å². The number of fused-ring (bicyclic) bond motifs is 1. The molecule has 1 N–H and O–H groups in total. The number of ether oxygens (including phenoxy) is 1. The number of aromatic nitrogens is 1. The minimum absolute atomic E-state index is 0.182. The minimum Gasteiger partial charge on any atom is -0.494 e. The summed E-state index contributed by atoms with van der Waals surface area (Å²) < 4.78 is 7.84. The van der Waals surface area contributed by atoms with Gasteiger partial charge >= 0.3 is 0 Å². The van der Waals surface area contributed by atoms with Crippen LogP contribution in [0.3, 0.4) is 0 Å². The van der Waals surface area contributed by atoms with Crippen LogP contribution in [0.1, 0.15) is 44.9 Å². The Kier molecular flexibility index (Phi) is 8.50. The molecule has 0 unspecified atom stereocenters. The van der Waals surface area contributed by atoms with Gasteiger partial charge in [0, 0.05) is 24.5 Å². The fourth-order valence-corrected chi connectivity index (χ4v) is 6.13. The highest BCUT2D eigenvalue weighted by Crippen LogP contribution is 2.31. The maximum atomic E-state index is 14.0. The van der Waals surface area contributed by atoms with Crippen molar-refractivity contribution in [2.45, 2.75) is 33.7 Å². The second-order valence-corrected chi connectivity index (χ2v) is 10.7. The summed E-state index contributed by atoms with van der Waals surface area (Å²) in [6.45, 7) is 10.4. The molecule has 210 valence electrons. The first kappa shape index (κ1) is 28.1. The smallest absolute Gasteiger partial charge is 0.271 e. The molecule has 0 spiro atoms. The monoisotopic (exact) mass is 566 g/mol. The Balaban J connectivity index is 1.60. The van der Waals surface area contributed by atoms with E-state index in [9.17, 15) is 9.59 Å². The van der Waals surface area contributed by atoms with Gasteiger partial charge in [0.1, 0.15) is 5.75 Å². The SMILES string of the molecule is CCOc1ccc([C@@H]2C(C(=O)Nc3ccccc3)=C(C)N=c3s/c(=C\c4ccc(N(CC)CC)cc4)c(=O)n32)cc1. The molecule has 1 atom stereocenters. The first-order chi connectivity index (χ1) is 19.9. The molecule has 0 fully saturated rings. The molecule has 0 radical (unpaired) electrons. The molecule has 0 saturated carbocycles. The standard InChI is InChI=1S/C33H34N4O3S/c1-5-36(6-2)26-17-13-23(14-18-26)21-28-32(39)37-30(24-15-19-27(20-16-24)40-7-3)29(22(4)34-33(37)41-28)31(38)35-25-11-9-8-10-12-25/h8-21,30H,5-7H2,1-4H3,(H,35,38)/b28-21-/t30-/m1/s1. The number of nitrogens with one attached hydrogen (secondary N) is 1. The van der Waals surface area contributed by atoms with E-state index < -0.39 is 6.04 Å². The Bertz CT molecular complexity index is 1730. The van der Waals surface area contributed by atoms with Gasteiger partial charge in [-0.1, -0.05) is 53.8 Å². The van der Waals surface area contributed by atoms with Crippen LogP contribution in [0.15, 0.2) is 99.9 Å². The molecule has 0 saturated heterocycles. The molecular formula is C33H34N4O3S. The van der Waals surface area contributed by atoms with E-state index in [2.05, 4.69) is 36.2 Å². The van der Waals surface area contributed by atoms with Gasteiger partial charge in [0.05, 0.1) is 28.5 Å². The zero-order chi connectivity index (χ0) is 28.9. The fourth-order valence-electron chi connectivity index (χ4n) is 5.08. The zero-order valence-electron chi connectivity index (χ0n) is 23.8. The van der Waals surface area contributed by atoms with Crippen LogP contribution in [-0.2, 0) is 4.79 Å². The van der Waals surface area contributed by atoms with Crippen LogP contribution in [-0.4, -0.2) is 30.2 Å². The summed E-state index contributed by atoms with van der Waals surface area (Å²) >= 11 is 1.33. The van der Waals surface area contributed by atoms with Crippen molar-refractivity contribution >= 4 is 34.7 Å². The summed E-state index contributed by atoms with van der Waals surface area (Å²) in [4.78, 5) is 35.3. The predicted molar refractivity (Wildman–Crippen MR) is 166 cm³/mol. The van der Waals surface area contributed by atoms with Crippen LogP contribution in [0.2, 0.25) is 0 Å². The zero-order valence-corrected chi connectivity index (χ0v) is 24.6. The Hall–Kier alpha value is -4.43. The van der Waals surface area contributed by atoms with Crippen LogP contribution in [0.4, 0.5) is 11.4 Å². The number of carbonyl (C=O) groups excluding carboxylic acids is 1. The van der Waals surface area contributed by atoms with Crippen molar-refractivity contribution in [3.05, 3.63) is 121 Å². The van der Waals surface area contributed by atoms with Crippen LogP contribution >= 0.6 is 11.3 Å². The molecule has 1 amide bonds. The normalized spacial score (nSPS) is 14.8. The van der Waals surface area contributed by atoms with E-state index in [-0.39, 0.29) is 11.5 Å². The molecule has 8 heteroatoms. The molecule has 4 aromatic rings. The van der Waals surface area contributed by atoms with Crippen molar-refractivity contribution in [2.24, 2.45) is 4.99 Å². The number of nitrogens with zero attached hydrogens (tertiary/aromatic N) is 3. The minimum atomic E-state index is -0.641. The number of hydrogen-bond donors (Lipinski definition) is 1. The quantitative estimate of drug-likeness (QED) is 0.305. The third kappa shape index (κ3) is 5.88. The summed E-state index contributed by atoms with van der Waals surface area (Å²) in [7, 11) is 0. The molecule has 0 bridgehead atoms. The molecule has 1 aliphatic heterocycles. The fraction of sp³-hybridized carbons (Fsp3) is 0.242. The van der Waals surface area contributed by atoms with E-state index in [4.69, 9.17) is 9.73 Å². The van der Waals surface area contributed by atoms with Gasteiger partial charge in [-0.25, -0.2) is 4.99 Å². The van der Waals surface area contributed by atoms with E-state index in [0.717, 1.165) is 35.7 Å². The number of para-hydroxylation sites is 1. The van der Waals surface area contributed by atoms with Gasteiger partial charge in [0.15, 0.2) is 4.80 Å². The average molecular weight is 567 g/mol. The van der Waals surface area contributed by atoms with Gasteiger partial charge in [-0.05, 0) is 81.3 Å². The van der Waals surface area contributed by atoms with Crippen molar-refractivity contribution in [1.29, 1.82) is 0 Å². The molecule has 1 aliphatic rings. The van der Waals surface area contributed by atoms with Crippen molar-refractivity contribution in [3.63, 3.8) is 0 Å². The topological polar surface area (TPSA) is 75.9 Å². The maximum absolute atomic E-state index is 14.0. The van der Waals surface area contributed by atoms with Crippen LogP contribution in [0.25, 0.3) is 6.08 Å². The van der Waals surface area contributed by atoms with Gasteiger partial charge in [0.25, 0.3) is 11.5 Å². The predicted octanol–water partition coefficient (Wildman–Crippen LogP) is 5.12. The van der Waals surface area contributed by atoms with E-state index in [1.165, 1.54) is 11.3 Å². The molecule has 7 nitrogen and oxygen atoms in total. The molecule has 2 heterocycles. The lowest BCUT2D eigenvalue weighted by Crippen LogP contribution is -2.40. The second kappa shape index (κ2) is 12.4. The molecule has 0 aliphatic carbocycles. The maximum Gasteiger partial charge on any atom is 0.271 e. The summed E-state index contributed by atoms with van der Waals surface area (Å²) in [5.74, 6) is 0.436. The number of benzene rings is 3. The third-order valence-corrected chi connectivity index (χ3v) is 8.11. The largest absolute Gasteiger partial charge is 0.494 e. The molecule has 5 rings (SSSR count). The lowest BCUT2D eigenvalue weighted by atomic mass is 9.95. The Morgan fingerprint density at radius 1 is 1.00 bits per heavy atom. The number of allylic oxidation sites excluding steroid dienone is 1. The van der Waals surface area contributed by atoms with E-state index in [0.29, 0.717) is 32.9 Å². The highest BCUT2D eigenvalue weighted by atomic mass is 32.1. The Morgan fingerprint density at radius 2 is 1.68 bits per heavy atom. The number of carbonyl (C=O) groups is 1. The lowest BCUT2D eigenvalue weighted by molar-refractivity contribution is -0.113. The third-order valence-electron chi connectivity index (χ3n) is 7.12. The number of thiazole rings is 1. The van der Waals surface area contributed by atoms with Crippen molar-refractivity contribution in [3.8, 4) is 5.75 Å². The van der Waals surface area contributed by atoms with Crippen LogP contribution in [0, 0.1) is 0 Å². The van der Waals surface area contributed by atoms with Gasteiger partial charge in [-0.2, -0.15) is 0 Å². The van der Waals surface area contributed by atoms with Crippen molar-refractivity contribution in [2.75, 3.05) is 29.9 Å². The van der Waals surface area contributed by atoms with E-state index in [1.807, 2.05) is 86.7 Å². The Labute approximate surface area is 243 Å². The molecule has 41 heavy (non-hydrogen) atoms. The highest BCUT2D eigenvalue weighted by molar-refractivity contribution is 7.07. The van der Waals surface area contributed by atoms with E-state index >= 15 is 0 Å². The number of hydrogen-bond acceptors (Lipinski definition) is 6. The van der Waals surface area contributed by atoms with Crippen molar-refractivity contribution in [1.82, 2.24) is 4.57 Å². The lowest BCUT2D eigenvalue weighted by Gasteiger charge is -2.25. The first-order valence-corrected chi connectivity index (χ1v) is 14.7. The van der Waals surface area contributed by atoms with Crippen molar-refractivity contribution < 1.29 is 9.53 Å². The average Bonchev–Trinajstić information content (AvgIpc) is 3.28. The summed E-state index contributed by atoms with van der Waals surface area (Å²) in [6.07, 6.45) is 1.90. The molecule has 3 aromatic carbocycles. The van der Waals surface area contributed by atoms with E-state index in [1.54, 1.807) is 4.57 Å². The van der Waals surface area contributed by atoms with Gasteiger partial charge < -0.3 is 15.0 Å². The van der Waals surface area contributed by atoms with Gasteiger partial charge in [-0.15, -0.1) is 0 Å². The summed E-state index contributed by atoms with van der Waals surface area (Å²) in [6, 6.07) is 24.4. The highest BCUT2D eigenvalue weighted by Gasteiger charge is 2.32. The van der Waals surface area contributed by atoms with Gasteiger partial charge in [-0.3, -0.25) is 14.2 Å². The first-order valence-electron chi connectivity index (χ1n) is 13.9. The second-order valence-electron chi connectivity index (χ2n) is 9.67.